The van der Waals surface area contributed by atoms with Gasteiger partial charge in [-0.3, -0.25) is 0 Å². The predicted molar refractivity (Wildman–Crippen MR) is 49.8 cm³/mol. The first-order chi connectivity index (χ1) is 6.85. The van der Waals surface area contributed by atoms with E-state index in [1.807, 2.05) is 0 Å². The van der Waals surface area contributed by atoms with Gasteiger partial charge in [0.1, 0.15) is 0 Å². The smallest absolute Gasteiger partial charge is 0.210 e. The molecule has 2 aliphatic rings. The van der Waals surface area contributed by atoms with Crippen LogP contribution in [0.1, 0.15) is 25.7 Å². The summed E-state index contributed by atoms with van der Waals surface area (Å²) in [4.78, 5) is 0. The Bertz CT molecular complexity index is 248. The van der Waals surface area contributed by atoms with Crippen LogP contribution in [0.5, 0.6) is 0 Å². The van der Waals surface area contributed by atoms with Crippen LogP contribution in [-0.2, 0) is 0 Å². The van der Waals surface area contributed by atoms with E-state index in [4.69, 9.17) is 1.43 Å². The molecule has 0 amide bonds. The van der Waals surface area contributed by atoms with Gasteiger partial charge in [0.2, 0.25) is 1.43 Å². The standard InChI is InChI=1S/C11H16O2/c12-7-11(8-13)9-5-3-1-2-4-6-10(9)11/h9-10,12-13H,3-8H2/i12D. The van der Waals surface area contributed by atoms with Crippen molar-refractivity contribution in [3.05, 3.63) is 0 Å². The van der Waals surface area contributed by atoms with E-state index in [-0.39, 0.29) is 12.0 Å². The first-order valence-corrected chi connectivity index (χ1v) is 5.00. The molecule has 0 spiro atoms. The maximum absolute atomic E-state index is 9.40. The highest BCUT2D eigenvalue weighted by molar-refractivity contribution is 5.14. The maximum atomic E-state index is 9.40. The molecule has 2 nitrogen and oxygen atoms in total. The van der Waals surface area contributed by atoms with Crippen molar-refractivity contribution in [2.75, 3.05) is 13.2 Å². The first-order valence-electron chi connectivity index (χ1n) is 5.40. The summed E-state index contributed by atoms with van der Waals surface area (Å²) in [6.45, 7) is 0.528. The molecular weight excluding hydrogens is 164 g/mol. The lowest BCUT2D eigenvalue weighted by Gasteiger charge is -2.09. The van der Waals surface area contributed by atoms with Gasteiger partial charge in [-0.1, -0.05) is 0 Å². The minimum absolute atomic E-state index is 0.116. The zero-order valence-corrected chi connectivity index (χ0v) is 7.75. The Morgan fingerprint density at radius 1 is 1.23 bits per heavy atom. The number of aliphatic hydroxyl groups is 2. The van der Waals surface area contributed by atoms with Gasteiger partial charge in [0.25, 0.3) is 0 Å². The van der Waals surface area contributed by atoms with E-state index in [2.05, 4.69) is 16.9 Å². The molecule has 0 aliphatic heterocycles. The molecule has 13 heavy (non-hydrogen) atoms. The third-order valence-electron chi connectivity index (χ3n) is 3.70. The Balaban J connectivity index is 2.03. The highest BCUT2D eigenvalue weighted by Gasteiger charge is 2.62. The van der Waals surface area contributed by atoms with Crippen molar-refractivity contribution in [2.24, 2.45) is 17.3 Å². The second-order valence-electron chi connectivity index (χ2n) is 4.18. The number of hydrogen-bond acceptors (Lipinski definition) is 2. The van der Waals surface area contributed by atoms with Gasteiger partial charge in [0.15, 0.2) is 0 Å². The van der Waals surface area contributed by atoms with Gasteiger partial charge in [-0.25, -0.2) is 0 Å². The van der Waals surface area contributed by atoms with Gasteiger partial charge >= 0.3 is 0 Å². The monoisotopic (exact) mass is 181 g/mol. The van der Waals surface area contributed by atoms with Gasteiger partial charge in [-0.15, -0.1) is 11.8 Å². The van der Waals surface area contributed by atoms with Crippen molar-refractivity contribution in [1.29, 1.82) is 1.43 Å². The second-order valence-corrected chi connectivity index (χ2v) is 4.18. The maximum Gasteiger partial charge on any atom is 0.210 e. The van der Waals surface area contributed by atoms with E-state index in [0.29, 0.717) is 18.4 Å². The molecule has 1 saturated carbocycles. The summed E-state index contributed by atoms with van der Waals surface area (Å²) in [5.74, 6) is 7.33. The summed E-state index contributed by atoms with van der Waals surface area (Å²) in [6, 6.07) is 0. The molecule has 2 aliphatic carbocycles. The molecule has 2 heteroatoms. The quantitative estimate of drug-likeness (QED) is 0.632. The topological polar surface area (TPSA) is 40.5 Å². The van der Waals surface area contributed by atoms with Crippen molar-refractivity contribution in [2.45, 2.75) is 25.7 Å². The zero-order valence-electron chi connectivity index (χ0n) is 8.75. The molecule has 0 aromatic rings. The minimum Gasteiger partial charge on any atom is -0.396 e. The third-order valence-corrected chi connectivity index (χ3v) is 3.70. The molecular formula is C11H16O2. The number of hydrogen-bond donors (Lipinski definition) is 2. The third kappa shape index (κ3) is 1.27. The molecule has 2 rings (SSSR count). The van der Waals surface area contributed by atoms with Gasteiger partial charge in [0, 0.05) is 18.3 Å². The van der Waals surface area contributed by atoms with Crippen LogP contribution in [0.3, 0.4) is 0 Å². The van der Waals surface area contributed by atoms with Gasteiger partial charge in [-0.2, -0.15) is 0 Å². The van der Waals surface area contributed by atoms with Crippen molar-refractivity contribution >= 4 is 0 Å². The highest BCUT2D eigenvalue weighted by atomic mass is 16.3. The summed E-state index contributed by atoms with van der Waals surface area (Å²) >= 11 is 0. The Morgan fingerprint density at radius 2 is 1.85 bits per heavy atom. The SMILES string of the molecule is [2H]OCC1(CO)C2CCC#CCCC21. The van der Waals surface area contributed by atoms with E-state index in [0.717, 1.165) is 25.7 Å². The van der Waals surface area contributed by atoms with Crippen molar-refractivity contribution < 1.29 is 10.2 Å². The Labute approximate surface area is 80.5 Å². The average molecular weight is 181 g/mol. The summed E-state index contributed by atoms with van der Waals surface area (Å²) in [5, 5.41) is 13.9. The van der Waals surface area contributed by atoms with E-state index >= 15 is 0 Å². The lowest BCUT2D eigenvalue weighted by atomic mass is 10.0. The van der Waals surface area contributed by atoms with Crippen molar-refractivity contribution in [1.82, 2.24) is 0 Å². The largest absolute Gasteiger partial charge is 0.396 e. The van der Waals surface area contributed by atoms with Crippen molar-refractivity contribution in [3.63, 3.8) is 0 Å². The van der Waals surface area contributed by atoms with Crippen LogP contribution in [0, 0.1) is 29.1 Å². The zero-order chi connectivity index (χ0) is 10.0. The Hall–Kier alpha value is -0.520. The van der Waals surface area contributed by atoms with E-state index in [9.17, 15) is 5.11 Å². The van der Waals surface area contributed by atoms with Crippen LogP contribution < -0.4 is 0 Å². The summed E-state index contributed by atoms with van der Waals surface area (Å²) in [5.41, 5.74) is -0.116. The molecule has 2 N–H and O–H groups in total. The number of aliphatic hydroxyl groups excluding tert-OH is 2. The molecule has 2 unspecified atom stereocenters. The second kappa shape index (κ2) is 3.32. The van der Waals surface area contributed by atoms with E-state index < -0.39 is 0 Å². The Kier molecular flexibility index (Phi) is 2.00. The lowest BCUT2D eigenvalue weighted by Crippen LogP contribution is -2.16. The average Bonchev–Trinajstić information content (AvgIpc) is 2.71. The van der Waals surface area contributed by atoms with Gasteiger partial charge < -0.3 is 10.2 Å². The number of fused-ring (bicyclic) bond motifs is 1. The van der Waals surface area contributed by atoms with E-state index in [1.54, 1.807) is 0 Å². The predicted octanol–water partition coefficient (Wildman–Crippen LogP) is 0.781. The van der Waals surface area contributed by atoms with Crippen LogP contribution >= 0.6 is 0 Å². The van der Waals surface area contributed by atoms with Crippen LogP contribution in [0.4, 0.5) is 0 Å². The van der Waals surface area contributed by atoms with Crippen molar-refractivity contribution in [3.8, 4) is 11.8 Å². The number of rotatable bonds is 3. The lowest BCUT2D eigenvalue weighted by molar-refractivity contribution is 0.111. The van der Waals surface area contributed by atoms with Crippen LogP contribution in [0.2, 0.25) is 0 Å². The molecule has 0 bridgehead atoms. The summed E-state index contributed by atoms with van der Waals surface area (Å²) in [7, 11) is 0. The first kappa shape index (κ1) is 7.84. The fraction of sp³-hybridized carbons (Fsp3) is 0.818. The molecule has 0 aromatic carbocycles. The van der Waals surface area contributed by atoms with E-state index in [1.165, 1.54) is 0 Å². The molecule has 72 valence electrons. The van der Waals surface area contributed by atoms with Gasteiger partial charge in [-0.05, 0) is 24.7 Å². The van der Waals surface area contributed by atoms with Crippen LogP contribution in [0.25, 0.3) is 0 Å². The molecule has 1 fully saturated rings. The molecule has 0 aromatic heterocycles. The van der Waals surface area contributed by atoms with Gasteiger partial charge in [0.05, 0.1) is 13.2 Å². The molecule has 0 heterocycles. The fourth-order valence-corrected chi connectivity index (χ4v) is 2.77. The molecule has 0 radical (unpaired) electrons. The highest BCUT2D eigenvalue weighted by Crippen LogP contribution is 2.62. The molecule has 2 atom stereocenters. The van der Waals surface area contributed by atoms with Crippen LogP contribution in [-0.4, -0.2) is 24.9 Å². The minimum atomic E-state index is -0.116. The molecule has 0 saturated heterocycles. The normalized spacial score (nSPS) is 43.3. The fourth-order valence-electron chi connectivity index (χ4n) is 2.77. The van der Waals surface area contributed by atoms with Crippen LogP contribution in [0.15, 0.2) is 0 Å². The summed E-state index contributed by atoms with van der Waals surface area (Å²) in [6.07, 6.45) is 3.98. The Morgan fingerprint density at radius 3 is 2.31 bits per heavy atom. The summed E-state index contributed by atoms with van der Waals surface area (Å²) < 4.78 is 6.82.